The van der Waals surface area contributed by atoms with E-state index in [0.29, 0.717) is 5.89 Å². The lowest BCUT2D eigenvalue weighted by Gasteiger charge is -2.33. The lowest BCUT2D eigenvalue weighted by atomic mass is 10.0. The fraction of sp³-hybridized carbons (Fsp3) is 0.500. The van der Waals surface area contributed by atoms with E-state index in [9.17, 15) is 12.3 Å². The van der Waals surface area contributed by atoms with Crippen LogP contribution in [0, 0.1) is 0 Å². The Labute approximate surface area is 123 Å². The number of hydrogen-bond donors (Lipinski definition) is 0. The minimum Gasteiger partial charge on any atom is -0.439 e. The summed E-state index contributed by atoms with van der Waals surface area (Å²) >= 11 is 0. The molecular formula is C14H17FN2O3S. The zero-order chi connectivity index (χ0) is 14.9. The molecule has 0 spiro atoms. The maximum atomic E-state index is 12.7. The van der Waals surface area contributed by atoms with E-state index in [1.54, 1.807) is 0 Å². The Balaban J connectivity index is 1.83. The van der Waals surface area contributed by atoms with E-state index in [1.165, 1.54) is 0 Å². The molecule has 7 heteroatoms. The molecule has 3 rings (SSSR count). The summed E-state index contributed by atoms with van der Waals surface area (Å²) < 4.78 is 40.0. The van der Waals surface area contributed by atoms with E-state index >= 15 is 0 Å². The zero-order valence-electron chi connectivity index (χ0n) is 11.5. The van der Waals surface area contributed by atoms with E-state index in [0.717, 1.165) is 36.9 Å². The summed E-state index contributed by atoms with van der Waals surface area (Å²) in [5, 5.41) is 0. The molecule has 1 aliphatic heterocycles. The fourth-order valence-corrected chi connectivity index (χ4v) is 3.25. The second-order valence-corrected chi connectivity index (χ2v) is 6.80. The number of para-hydroxylation sites is 2. The van der Waals surface area contributed by atoms with Gasteiger partial charge in [-0.15, -0.1) is 3.89 Å². The highest BCUT2D eigenvalue weighted by Crippen LogP contribution is 2.32. The van der Waals surface area contributed by atoms with Gasteiger partial charge in [0.25, 0.3) is 0 Å². The van der Waals surface area contributed by atoms with Crippen LogP contribution in [0.4, 0.5) is 3.89 Å². The summed E-state index contributed by atoms with van der Waals surface area (Å²) in [7, 11) is -4.45. The highest BCUT2D eigenvalue weighted by molar-refractivity contribution is 7.86. The number of aromatic nitrogens is 1. The zero-order valence-corrected chi connectivity index (χ0v) is 12.4. The average Bonchev–Trinajstić information content (AvgIpc) is 2.88. The van der Waals surface area contributed by atoms with Gasteiger partial charge in [-0.1, -0.05) is 18.6 Å². The topological polar surface area (TPSA) is 63.4 Å². The minimum atomic E-state index is -4.45. The smallest absolute Gasteiger partial charge is 0.303 e. The van der Waals surface area contributed by atoms with Crippen LogP contribution in [0.25, 0.3) is 11.1 Å². The number of piperidine rings is 1. The van der Waals surface area contributed by atoms with Crippen molar-refractivity contribution in [2.45, 2.75) is 25.3 Å². The summed E-state index contributed by atoms with van der Waals surface area (Å²) in [6.45, 7) is 0.904. The normalized spacial score (nSPS) is 20.9. The molecular weight excluding hydrogens is 295 g/mol. The lowest BCUT2D eigenvalue weighted by Crippen LogP contribution is -2.36. The largest absolute Gasteiger partial charge is 0.439 e. The lowest BCUT2D eigenvalue weighted by molar-refractivity contribution is 0.135. The molecule has 1 aromatic heterocycles. The SMILES string of the molecule is O=S(=O)(F)CCN1CCCCC1c1nc2ccccc2o1. The van der Waals surface area contributed by atoms with Gasteiger partial charge in [0.05, 0.1) is 11.8 Å². The fourth-order valence-electron chi connectivity index (χ4n) is 2.80. The summed E-state index contributed by atoms with van der Waals surface area (Å²) in [5.41, 5.74) is 1.51. The van der Waals surface area contributed by atoms with Crippen LogP contribution >= 0.6 is 0 Å². The summed E-state index contributed by atoms with van der Waals surface area (Å²) in [6.07, 6.45) is 2.85. The van der Waals surface area contributed by atoms with Crippen LogP contribution < -0.4 is 0 Å². The molecule has 0 N–H and O–H groups in total. The van der Waals surface area contributed by atoms with Crippen molar-refractivity contribution in [2.24, 2.45) is 0 Å². The molecule has 2 heterocycles. The van der Waals surface area contributed by atoms with Gasteiger partial charge in [-0.25, -0.2) is 4.98 Å². The Morgan fingerprint density at radius 3 is 2.90 bits per heavy atom. The van der Waals surface area contributed by atoms with Crippen molar-refractivity contribution in [1.82, 2.24) is 9.88 Å². The predicted octanol–water partition coefficient (Wildman–Crippen LogP) is 2.65. The number of likely N-dealkylation sites (tertiary alicyclic amines) is 1. The molecule has 0 radical (unpaired) electrons. The molecule has 0 aliphatic carbocycles. The molecule has 5 nitrogen and oxygen atoms in total. The maximum Gasteiger partial charge on any atom is 0.303 e. The quantitative estimate of drug-likeness (QED) is 0.812. The Morgan fingerprint density at radius 2 is 2.14 bits per heavy atom. The molecule has 0 amide bonds. The van der Waals surface area contributed by atoms with Crippen LogP contribution in [0.5, 0.6) is 0 Å². The third-order valence-electron chi connectivity index (χ3n) is 3.83. The molecule has 1 atom stereocenters. The van der Waals surface area contributed by atoms with Crippen molar-refractivity contribution in [3.8, 4) is 0 Å². The van der Waals surface area contributed by atoms with Crippen LogP contribution in [0.1, 0.15) is 31.2 Å². The first-order valence-electron chi connectivity index (χ1n) is 7.05. The van der Waals surface area contributed by atoms with Crippen molar-refractivity contribution in [1.29, 1.82) is 0 Å². The Kier molecular flexibility index (Phi) is 3.95. The van der Waals surface area contributed by atoms with E-state index in [1.807, 2.05) is 29.2 Å². The van der Waals surface area contributed by atoms with Crippen molar-refractivity contribution >= 4 is 21.3 Å². The van der Waals surface area contributed by atoms with Gasteiger partial charge in [0.1, 0.15) is 5.52 Å². The third-order valence-corrected chi connectivity index (χ3v) is 4.50. The monoisotopic (exact) mass is 312 g/mol. The second kappa shape index (κ2) is 5.73. The number of benzene rings is 1. The highest BCUT2D eigenvalue weighted by atomic mass is 32.3. The summed E-state index contributed by atoms with van der Waals surface area (Å²) in [6, 6.07) is 7.43. The summed E-state index contributed by atoms with van der Waals surface area (Å²) in [5.74, 6) is 0.108. The number of halogens is 1. The molecule has 1 fully saturated rings. The minimum absolute atomic E-state index is 0.0760. The van der Waals surface area contributed by atoms with Crippen LogP contribution in [-0.2, 0) is 10.2 Å². The highest BCUT2D eigenvalue weighted by Gasteiger charge is 2.29. The van der Waals surface area contributed by atoms with Gasteiger partial charge < -0.3 is 4.42 Å². The Bertz CT molecular complexity index is 696. The van der Waals surface area contributed by atoms with Gasteiger partial charge in [-0.05, 0) is 31.5 Å². The first-order valence-corrected chi connectivity index (χ1v) is 8.60. The molecule has 1 saturated heterocycles. The average molecular weight is 312 g/mol. The molecule has 1 aliphatic rings. The molecule has 21 heavy (non-hydrogen) atoms. The van der Waals surface area contributed by atoms with E-state index in [4.69, 9.17) is 4.42 Å². The van der Waals surface area contributed by atoms with Crippen molar-refractivity contribution < 1.29 is 16.7 Å². The van der Waals surface area contributed by atoms with Gasteiger partial charge >= 0.3 is 10.2 Å². The number of rotatable bonds is 4. The summed E-state index contributed by atoms with van der Waals surface area (Å²) in [4.78, 5) is 6.43. The van der Waals surface area contributed by atoms with Gasteiger partial charge in [0.15, 0.2) is 5.58 Å². The second-order valence-electron chi connectivity index (χ2n) is 5.31. The molecule has 1 aromatic carbocycles. The standard InChI is InChI=1S/C14H17FN2O3S/c15-21(18,19)10-9-17-8-4-3-6-12(17)14-16-11-5-1-2-7-13(11)20-14/h1-2,5,7,12H,3-4,6,8-10H2. The molecule has 0 bridgehead atoms. The van der Waals surface area contributed by atoms with Crippen LogP contribution in [0.15, 0.2) is 28.7 Å². The number of oxazole rings is 1. The van der Waals surface area contributed by atoms with Crippen LogP contribution in [-0.4, -0.2) is 37.1 Å². The molecule has 1 unspecified atom stereocenters. The Morgan fingerprint density at radius 1 is 1.33 bits per heavy atom. The molecule has 114 valence electrons. The van der Waals surface area contributed by atoms with E-state index in [2.05, 4.69) is 4.98 Å². The van der Waals surface area contributed by atoms with E-state index in [-0.39, 0.29) is 12.6 Å². The van der Waals surface area contributed by atoms with Gasteiger partial charge in [0, 0.05) is 6.54 Å². The van der Waals surface area contributed by atoms with Gasteiger partial charge in [-0.3, -0.25) is 4.90 Å². The van der Waals surface area contributed by atoms with Crippen molar-refractivity contribution in [3.05, 3.63) is 30.2 Å². The van der Waals surface area contributed by atoms with Crippen LogP contribution in [0.3, 0.4) is 0 Å². The maximum absolute atomic E-state index is 12.7. The van der Waals surface area contributed by atoms with E-state index < -0.39 is 16.0 Å². The number of hydrogen-bond acceptors (Lipinski definition) is 5. The van der Waals surface area contributed by atoms with Crippen molar-refractivity contribution in [3.63, 3.8) is 0 Å². The molecule has 2 aromatic rings. The Hall–Kier alpha value is -1.47. The first-order chi connectivity index (χ1) is 10.0. The van der Waals surface area contributed by atoms with Crippen LogP contribution in [0.2, 0.25) is 0 Å². The van der Waals surface area contributed by atoms with Crippen molar-refractivity contribution in [2.75, 3.05) is 18.8 Å². The number of nitrogens with zero attached hydrogens (tertiary/aromatic N) is 2. The van der Waals surface area contributed by atoms with Gasteiger partial charge in [-0.2, -0.15) is 8.42 Å². The van der Waals surface area contributed by atoms with Gasteiger partial charge in [0.2, 0.25) is 5.89 Å². The third kappa shape index (κ3) is 3.41. The first kappa shape index (κ1) is 14.5. The number of fused-ring (bicyclic) bond motifs is 1. The predicted molar refractivity (Wildman–Crippen MR) is 77.1 cm³/mol. The molecule has 0 saturated carbocycles.